The van der Waals surface area contributed by atoms with Crippen LogP contribution in [0.1, 0.15) is 27.5 Å². The van der Waals surface area contributed by atoms with Crippen molar-refractivity contribution in [2.75, 3.05) is 14.2 Å². The number of pyridine rings is 1. The summed E-state index contributed by atoms with van der Waals surface area (Å²) in [5.41, 5.74) is 4.13. The number of benzene rings is 4. The minimum atomic E-state index is -0.438. The molecule has 1 atom stereocenters. The number of nitrogens with one attached hydrogen (secondary N) is 1. The van der Waals surface area contributed by atoms with E-state index in [9.17, 15) is 9.18 Å². The molecule has 1 aromatic heterocycles. The van der Waals surface area contributed by atoms with Crippen LogP contribution < -0.4 is 14.8 Å². The Kier molecular flexibility index (Phi) is 7.31. The molecular formula is C32H27FN2O3. The molecule has 0 bridgehead atoms. The fourth-order valence-electron chi connectivity index (χ4n) is 4.56. The van der Waals surface area contributed by atoms with Gasteiger partial charge >= 0.3 is 0 Å². The number of halogens is 1. The molecule has 1 N–H and O–H groups in total. The Hall–Kier alpha value is -4.71. The van der Waals surface area contributed by atoms with Crippen LogP contribution in [0.15, 0.2) is 103 Å². The van der Waals surface area contributed by atoms with Crippen molar-refractivity contribution in [3.8, 4) is 22.8 Å². The van der Waals surface area contributed by atoms with Gasteiger partial charge in [-0.15, -0.1) is 0 Å². The molecule has 6 heteroatoms. The SMILES string of the molecule is COc1ccc(-c2cc(C(=O)NC(Cc3ccccc3)c3ccccc3)c3cc(F)ccc3n2)c(OC)c1. The van der Waals surface area contributed by atoms with Gasteiger partial charge < -0.3 is 14.8 Å². The third-order valence-corrected chi connectivity index (χ3v) is 6.49. The second-order valence-electron chi connectivity index (χ2n) is 8.91. The highest BCUT2D eigenvalue weighted by molar-refractivity contribution is 6.07. The summed E-state index contributed by atoms with van der Waals surface area (Å²) in [6, 6.07) is 30.9. The van der Waals surface area contributed by atoms with E-state index in [1.807, 2.05) is 66.7 Å². The standard InChI is InChI=1S/C32H27FN2O3/c1-37-24-14-15-25(31(19-24)38-2)30-20-27(26-18-23(33)13-16-28(26)34-30)32(36)35-29(22-11-7-4-8-12-22)17-21-9-5-3-6-10-21/h3-16,18-20,29H,17H2,1-2H3,(H,35,36). The van der Waals surface area contributed by atoms with Gasteiger partial charge in [-0.25, -0.2) is 9.37 Å². The van der Waals surface area contributed by atoms with E-state index < -0.39 is 5.82 Å². The van der Waals surface area contributed by atoms with Gasteiger partial charge in [0.1, 0.15) is 17.3 Å². The largest absolute Gasteiger partial charge is 0.497 e. The van der Waals surface area contributed by atoms with Crippen LogP contribution >= 0.6 is 0 Å². The highest BCUT2D eigenvalue weighted by Crippen LogP contribution is 2.34. The highest BCUT2D eigenvalue weighted by atomic mass is 19.1. The number of carbonyl (C=O) groups excluding carboxylic acids is 1. The molecule has 0 aliphatic carbocycles. The number of aromatic nitrogens is 1. The van der Waals surface area contributed by atoms with Crippen molar-refractivity contribution in [3.05, 3.63) is 126 Å². The van der Waals surface area contributed by atoms with Crippen LogP contribution in [0.2, 0.25) is 0 Å². The van der Waals surface area contributed by atoms with Crippen LogP contribution in [0.4, 0.5) is 4.39 Å². The van der Waals surface area contributed by atoms with Crippen LogP contribution in [0.5, 0.6) is 11.5 Å². The number of hydrogen-bond donors (Lipinski definition) is 1. The lowest BCUT2D eigenvalue weighted by Crippen LogP contribution is -2.30. The summed E-state index contributed by atoms with van der Waals surface area (Å²) >= 11 is 0. The summed E-state index contributed by atoms with van der Waals surface area (Å²) in [5.74, 6) is 0.433. The number of hydrogen-bond acceptors (Lipinski definition) is 4. The molecule has 0 aliphatic heterocycles. The average molecular weight is 507 g/mol. The van der Waals surface area contributed by atoms with Crippen LogP contribution in [0.3, 0.4) is 0 Å². The maximum absolute atomic E-state index is 14.3. The van der Waals surface area contributed by atoms with Crippen molar-refractivity contribution in [1.82, 2.24) is 10.3 Å². The minimum Gasteiger partial charge on any atom is -0.497 e. The van der Waals surface area contributed by atoms with Crippen molar-refractivity contribution in [3.63, 3.8) is 0 Å². The molecule has 0 saturated carbocycles. The summed E-state index contributed by atoms with van der Waals surface area (Å²) in [6.07, 6.45) is 0.604. The monoisotopic (exact) mass is 506 g/mol. The topological polar surface area (TPSA) is 60.5 Å². The van der Waals surface area contributed by atoms with E-state index in [2.05, 4.69) is 5.32 Å². The van der Waals surface area contributed by atoms with E-state index in [0.717, 1.165) is 11.1 Å². The van der Waals surface area contributed by atoms with E-state index in [4.69, 9.17) is 14.5 Å². The van der Waals surface area contributed by atoms with Gasteiger partial charge in [0, 0.05) is 17.0 Å². The van der Waals surface area contributed by atoms with Crippen molar-refractivity contribution in [2.24, 2.45) is 0 Å². The molecule has 0 saturated heterocycles. The second kappa shape index (κ2) is 11.1. The maximum Gasteiger partial charge on any atom is 0.252 e. The zero-order valence-electron chi connectivity index (χ0n) is 21.1. The Morgan fingerprint density at radius 1 is 0.868 bits per heavy atom. The summed E-state index contributed by atoms with van der Waals surface area (Å²) in [6.45, 7) is 0. The van der Waals surface area contributed by atoms with Crippen molar-refractivity contribution >= 4 is 16.8 Å². The zero-order chi connectivity index (χ0) is 26.5. The number of ether oxygens (including phenoxy) is 2. The Bertz CT molecular complexity index is 1570. The average Bonchev–Trinajstić information content (AvgIpc) is 2.96. The third-order valence-electron chi connectivity index (χ3n) is 6.49. The van der Waals surface area contributed by atoms with Crippen LogP contribution in [0, 0.1) is 5.82 Å². The fourth-order valence-corrected chi connectivity index (χ4v) is 4.56. The molecule has 38 heavy (non-hydrogen) atoms. The summed E-state index contributed by atoms with van der Waals surface area (Å²) in [5, 5.41) is 3.63. The predicted octanol–water partition coefficient (Wildman–Crippen LogP) is 6.77. The lowest BCUT2D eigenvalue weighted by molar-refractivity contribution is 0.0938. The van der Waals surface area contributed by atoms with Crippen LogP contribution in [0.25, 0.3) is 22.2 Å². The lowest BCUT2D eigenvalue weighted by Gasteiger charge is -2.21. The van der Waals surface area contributed by atoms with E-state index >= 15 is 0 Å². The molecule has 190 valence electrons. The van der Waals surface area contributed by atoms with Gasteiger partial charge in [0.15, 0.2) is 0 Å². The zero-order valence-corrected chi connectivity index (χ0v) is 21.1. The maximum atomic E-state index is 14.3. The number of nitrogens with zero attached hydrogens (tertiary/aromatic N) is 1. The first kappa shape index (κ1) is 25.0. The molecule has 0 spiro atoms. The van der Waals surface area contributed by atoms with Crippen molar-refractivity contribution in [1.29, 1.82) is 0 Å². The van der Waals surface area contributed by atoms with Crippen molar-refractivity contribution < 1.29 is 18.7 Å². The van der Waals surface area contributed by atoms with E-state index in [1.54, 1.807) is 38.5 Å². The van der Waals surface area contributed by atoms with Gasteiger partial charge in [0.05, 0.1) is 37.0 Å². The van der Waals surface area contributed by atoms with E-state index in [1.165, 1.54) is 12.1 Å². The molecule has 1 amide bonds. The first-order chi connectivity index (χ1) is 18.6. The number of fused-ring (bicyclic) bond motifs is 1. The van der Waals surface area contributed by atoms with E-state index in [0.29, 0.717) is 45.6 Å². The Morgan fingerprint density at radius 3 is 2.32 bits per heavy atom. The minimum absolute atomic E-state index is 0.290. The van der Waals surface area contributed by atoms with Crippen LogP contribution in [-0.2, 0) is 6.42 Å². The van der Waals surface area contributed by atoms with Gasteiger partial charge in [0.2, 0.25) is 0 Å². The molecule has 5 aromatic rings. The first-order valence-corrected chi connectivity index (χ1v) is 12.3. The predicted molar refractivity (Wildman–Crippen MR) is 147 cm³/mol. The number of methoxy groups -OCH3 is 2. The number of amides is 1. The smallest absolute Gasteiger partial charge is 0.252 e. The molecule has 1 heterocycles. The molecule has 4 aromatic carbocycles. The summed E-state index contributed by atoms with van der Waals surface area (Å²) in [4.78, 5) is 18.6. The Balaban J connectivity index is 1.59. The number of rotatable bonds is 8. The van der Waals surface area contributed by atoms with Gasteiger partial charge in [-0.2, -0.15) is 0 Å². The van der Waals surface area contributed by atoms with Crippen LogP contribution in [-0.4, -0.2) is 25.1 Å². The third kappa shape index (κ3) is 5.34. The number of carbonyl (C=O) groups is 1. The molecule has 0 fully saturated rings. The Labute approximate surface area is 220 Å². The van der Waals surface area contributed by atoms with E-state index in [-0.39, 0.29) is 11.9 Å². The molecule has 0 aliphatic rings. The quantitative estimate of drug-likeness (QED) is 0.252. The fraction of sp³-hybridized carbons (Fsp3) is 0.125. The lowest BCUT2D eigenvalue weighted by atomic mass is 9.97. The molecule has 1 unspecified atom stereocenters. The molecule has 0 radical (unpaired) electrons. The van der Waals surface area contributed by atoms with Gasteiger partial charge in [0.25, 0.3) is 5.91 Å². The normalized spacial score (nSPS) is 11.7. The second-order valence-corrected chi connectivity index (χ2v) is 8.91. The molecule has 5 nitrogen and oxygen atoms in total. The van der Waals surface area contributed by atoms with Gasteiger partial charge in [-0.3, -0.25) is 4.79 Å². The van der Waals surface area contributed by atoms with Gasteiger partial charge in [-0.05, 0) is 53.9 Å². The first-order valence-electron chi connectivity index (χ1n) is 12.3. The summed E-state index contributed by atoms with van der Waals surface area (Å²) < 4.78 is 25.2. The summed E-state index contributed by atoms with van der Waals surface area (Å²) in [7, 11) is 3.15. The Morgan fingerprint density at radius 2 is 1.61 bits per heavy atom. The molecule has 5 rings (SSSR count). The highest BCUT2D eigenvalue weighted by Gasteiger charge is 2.21. The molecular weight excluding hydrogens is 479 g/mol. The van der Waals surface area contributed by atoms with Crippen molar-refractivity contribution in [2.45, 2.75) is 12.5 Å². The van der Waals surface area contributed by atoms with Gasteiger partial charge in [-0.1, -0.05) is 60.7 Å².